The molecule has 0 aliphatic rings. The molecule has 0 aromatic heterocycles. The summed E-state index contributed by atoms with van der Waals surface area (Å²) in [6, 6.07) is 5.82. The maximum atomic E-state index is 11.1. The van der Waals surface area contributed by atoms with Crippen molar-refractivity contribution in [3.63, 3.8) is 0 Å². The van der Waals surface area contributed by atoms with Crippen LogP contribution in [0.1, 0.15) is 50.5 Å². The van der Waals surface area contributed by atoms with E-state index < -0.39 is 0 Å². The van der Waals surface area contributed by atoms with Gasteiger partial charge in [-0.1, -0.05) is 19.9 Å². The molecule has 0 fully saturated rings. The zero-order chi connectivity index (χ0) is 14.5. The predicted molar refractivity (Wildman–Crippen MR) is 86.1 cm³/mol. The Morgan fingerprint density at radius 3 is 2.25 bits per heavy atom. The molecule has 0 bridgehead atoms. The van der Waals surface area contributed by atoms with Gasteiger partial charge in [0, 0.05) is 6.54 Å². The van der Waals surface area contributed by atoms with Gasteiger partial charge in [-0.2, -0.15) is 0 Å². The smallest absolute Gasteiger partial charge is 0.153 e. The van der Waals surface area contributed by atoms with Crippen molar-refractivity contribution < 1.29 is 9.53 Å². The average Bonchev–Trinajstić information content (AvgIpc) is 2.34. The molecule has 1 aromatic carbocycles. The maximum absolute atomic E-state index is 11.1. The van der Waals surface area contributed by atoms with E-state index in [1.807, 2.05) is 39.0 Å². The molecule has 0 saturated carbocycles. The molecular weight excluding hydrogens is 274 g/mol. The zero-order valence-corrected chi connectivity index (χ0v) is 13.9. The number of halogens is 1. The van der Waals surface area contributed by atoms with Crippen molar-refractivity contribution in [2.24, 2.45) is 0 Å². The van der Waals surface area contributed by atoms with E-state index >= 15 is 0 Å². The number of carbonyl (C=O) groups is 1. The van der Waals surface area contributed by atoms with Gasteiger partial charge in [0.05, 0.1) is 5.56 Å². The number of hydrogen-bond acceptors (Lipinski definition) is 3. The molecule has 0 spiro atoms. The van der Waals surface area contributed by atoms with E-state index in [-0.39, 0.29) is 18.0 Å². The molecule has 0 aliphatic carbocycles. The normalized spacial score (nSPS) is 11.1. The van der Waals surface area contributed by atoms with Crippen LogP contribution in [-0.2, 0) is 6.54 Å². The minimum atomic E-state index is -0.300. The summed E-state index contributed by atoms with van der Waals surface area (Å²) in [6.45, 7) is 13.2. The van der Waals surface area contributed by atoms with E-state index in [0.717, 1.165) is 25.9 Å². The van der Waals surface area contributed by atoms with Crippen molar-refractivity contribution in [2.45, 2.75) is 46.8 Å². The van der Waals surface area contributed by atoms with Crippen LogP contribution in [0, 0.1) is 0 Å². The highest BCUT2D eigenvalue weighted by atomic mass is 35.5. The van der Waals surface area contributed by atoms with Crippen LogP contribution in [0.4, 0.5) is 0 Å². The molecule has 0 heterocycles. The Kier molecular flexibility index (Phi) is 7.84. The Morgan fingerprint density at radius 2 is 1.80 bits per heavy atom. The van der Waals surface area contributed by atoms with Gasteiger partial charge in [0.25, 0.3) is 0 Å². The molecule has 1 aromatic rings. The predicted octanol–water partition coefficient (Wildman–Crippen LogP) is 3.94. The topological polar surface area (TPSA) is 29.5 Å². The summed E-state index contributed by atoms with van der Waals surface area (Å²) in [4.78, 5) is 13.4. The Hall–Kier alpha value is -1.06. The average molecular weight is 300 g/mol. The molecule has 0 unspecified atom stereocenters. The van der Waals surface area contributed by atoms with Crippen LogP contribution >= 0.6 is 12.4 Å². The molecule has 0 aliphatic heterocycles. The van der Waals surface area contributed by atoms with Gasteiger partial charge in [0.2, 0.25) is 0 Å². The molecule has 20 heavy (non-hydrogen) atoms. The lowest BCUT2D eigenvalue weighted by Gasteiger charge is -2.24. The minimum absolute atomic E-state index is 0. The third-order valence-corrected chi connectivity index (χ3v) is 2.92. The van der Waals surface area contributed by atoms with E-state index in [9.17, 15) is 4.79 Å². The number of aldehydes is 1. The number of ether oxygens (including phenoxy) is 1. The first-order valence-corrected chi connectivity index (χ1v) is 6.89. The molecule has 0 N–H and O–H groups in total. The molecule has 0 atom stereocenters. The van der Waals surface area contributed by atoms with E-state index in [0.29, 0.717) is 11.3 Å². The summed E-state index contributed by atoms with van der Waals surface area (Å²) < 4.78 is 5.86. The van der Waals surface area contributed by atoms with Crippen molar-refractivity contribution in [3.8, 4) is 5.75 Å². The van der Waals surface area contributed by atoms with E-state index in [4.69, 9.17) is 4.74 Å². The van der Waals surface area contributed by atoms with Gasteiger partial charge in [-0.3, -0.25) is 9.69 Å². The van der Waals surface area contributed by atoms with Crippen LogP contribution in [0.5, 0.6) is 5.75 Å². The monoisotopic (exact) mass is 299 g/mol. The number of rotatable bonds is 6. The summed E-state index contributed by atoms with van der Waals surface area (Å²) in [6.07, 6.45) is 0.849. The molecule has 3 nitrogen and oxygen atoms in total. The van der Waals surface area contributed by atoms with E-state index in [1.54, 1.807) is 0 Å². The molecule has 4 heteroatoms. The Balaban J connectivity index is 0.00000361. The van der Waals surface area contributed by atoms with Crippen molar-refractivity contribution in [1.82, 2.24) is 4.90 Å². The van der Waals surface area contributed by atoms with Crippen molar-refractivity contribution >= 4 is 18.7 Å². The second kappa shape index (κ2) is 8.28. The molecule has 0 amide bonds. The van der Waals surface area contributed by atoms with Gasteiger partial charge in [-0.05, 0) is 51.6 Å². The summed E-state index contributed by atoms with van der Waals surface area (Å²) >= 11 is 0. The molecule has 114 valence electrons. The lowest BCUT2D eigenvalue weighted by Crippen LogP contribution is -2.24. The van der Waals surface area contributed by atoms with Crippen LogP contribution in [0.2, 0.25) is 0 Å². The summed E-state index contributed by atoms with van der Waals surface area (Å²) in [7, 11) is 0. The van der Waals surface area contributed by atoms with Gasteiger partial charge < -0.3 is 4.74 Å². The molecular formula is C16H26ClNO2. The molecule has 1 rings (SSSR count). The summed E-state index contributed by atoms with van der Waals surface area (Å²) in [5.41, 5.74) is 1.48. The van der Waals surface area contributed by atoms with Crippen LogP contribution < -0.4 is 4.74 Å². The second-order valence-electron chi connectivity index (χ2n) is 5.67. The highest BCUT2D eigenvalue weighted by Crippen LogP contribution is 2.24. The maximum Gasteiger partial charge on any atom is 0.153 e. The third-order valence-electron chi connectivity index (χ3n) is 2.92. The van der Waals surface area contributed by atoms with E-state index in [1.165, 1.54) is 5.56 Å². The molecule has 0 saturated heterocycles. The van der Waals surface area contributed by atoms with Crippen molar-refractivity contribution in [3.05, 3.63) is 29.3 Å². The van der Waals surface area contributed by atoms with Crippen LogP contribution in [-0.4, -0.2) is 29.9 Å². The molecule has 0 radical (unpaired) electrons. The largest absolute Gasteiger partial charge is 0.487 e. The number of carbonyl (C=O) groups excluding carboxylic acids is 1. The van der Waals surface area contributed by atoms with Crippen LogP contribution in [0.25, 0.3) is 0 Å². The summed E-state index contributed by atoms with van der Waals surface area (Å²) in [5, 5.41) is 0. The quantitative estimate of drug-likeness (QED) is 0.745. The summed E-state index contributed by atoms with van der Waals surface area (Å²) in [5.74, 6) is 0.673. The Bertz CT molecular complexity index is 423. The van der Waals surface area contributed by atoms with Crippen molar-refractivity contribution in [2.75, 3.05) is 13.1 Å². The fourth-order valence-electron chi connectivity index (χ4n) is 1.90. The Labute approximate surface area is 128 Å². The van der Waals surface area contributed by atoms with Crippen LogP contribution in [0.15, 0.2) is 18.2 Å². The van der Waals surface area contributed by atoms with E-state index in [2.05, 4.69) is 18.7 Å². The number of nitrogens with zero attached hydrogens (tertiary/aromatic N) is 1. The first-order valence-electron chi connectivity index (χ1n) is 6.89. The fourth-order valence-corrected chi connectivity index (χ4v) is 1.90. The first kappa shape index (κ1) is 18.9. The fraction of sp³-hybridized carbons (Fsp3) is 0.562. The van der Waals surface area contributed by atoms with Gasteiger partial charge in [0.1, 0.15) is 11.4 Å². The van der Waals surface area contributed by atoms with Crippen molar-refractivity contribution in [1.29, 1.82) is 0 Å². The zero-order valence-electron chi connectivity index (χ0n) is 13.1. The standard InChI is InChI=1S/C16H25NO2.ClH/c1-6-17(7-2)11-13-8-9-14(12-18)15(10-13)19-16(3,4)5;/h8-10,12H,6-7,11H2,1-5H3;1H. The lowest BCUT2D eigenvalue weighted by atomic mass is 10.1. The first-order chi connectivity index (χ1) is 8.89. The van der Waals surface area contributed by atoms with Gasteiger partial charge >= 0.3 is 0 Å². The van der Waals surface area contributed by atoms with Gasteiger partial charge in [0.15, 0.2) is 6.29 Å². The van der Waals surface area contributed by atoms with Gasteiger partial charge in [-0.15, -0.1) is 12.4 Å². The number of hydrogen-bond donors (Lipinski definition) is 0. The van der Waals surface area contributed by atoms with Crippen LogP contribution in [0.3, 0.4) is 0 Å². The highest BCUT2D eigenvalue weighted by molar-refractivity contribution is 5.85. The third kappa shape index (κ3) is 5.93. The lowest BCUT2D eigenvalue weighted by molar-refractivity contribution is 0.109. The minimum Gasteiger partial charge on any atom is -0.487 e. The SMILES string of the molecule is CCN(CC)Cc1ccc(C=O)c(OC(C)(C)C)c1.Cl. The second-order valence-corrected chi connectivity index (χ2v) is 5.67. The Morgan fingerprint density at radius 1 is 1.20 bits per heavy atom. The van der Waals surface area contributed by atoms with Gasteiger partial charge in [-0.25, -0.2) is 0 Å². The number of benzene rings is 1. The highest BCUT2D eigenvalue weighted by Gasteiger charge is 2.15.